The van der Waals surface area contributed by atoms with Crippen molar-refractivity contribution in [2.24, 2.45) is 5.10 Å². The predicted octanol–water partition coefficient (Wildman–Crippen LogP) is 1.97. The van der Waals surface area contributed by atoms with E-state index in [4.69, 9.17) is 4.74 Å². The van der Waals surface area contributed by atoms with Crippen LogP contribution in [0.25, 0.3) is 0 Å². The number of nitro groups is 1. The monoisotopic (exact) mass is 356 g/mol. The lowest BCUT2D eigenvalue weighted by atomic mass is 10.2. The Morgan fingerprint density at radius 1 is 1.12 bits per heavy atom. The molecule has 0 bridgehead atoms. The molecule has 134 valence electrons. The molecular formula is C17H16N4O5. The lowest BCUT2D eigenvalue weighted by molar-refractivity contribution is -0.384. The summed E-state index contributed by atoms with van der Waals surface area (Å²) < 4.78 is 4.96. The van der Waals surface area contributed by atoms with E-state index in [1.54, 1.807) is 0 Å². The summed E-state index contributed by atoms with van der Waals surface area (Å²) in [6, 6.07) is 14.8. The number of non-ortho nitro benzene ring substituents is 1. The number of carbonyl (C=O) groups excluding carboxylic acids is 2. The molecule has 0 radical (unpaired) electrons. The van der Waals surface area contributed by atoms with Gasteiger partial charge in [-0.05, 0) is 23.3 Å². The number of nitrogens with zero attached hydrogens (tertiary/aromatic N) is 2. The summed E-state index contributed by atoms with van der Waals surface area (Å²) in [7, 11) is 0. The van der Waals surface area contributed by atoms with Crippen LogP contribution in [-0.4, -0.2) is 29.7 Å². The summed E-state index contributed by atoms with van der Waals surface area (Å²) in [4.78, 5) is 33.1. The quantitative estimate of drug-likeness (QED) is 0.446. The Morgan fingerprint density at radius 3 is 2.46 bits per heavy atom. The molecule has 0 saturated heterocycles. The van der Waals surface area contributed by atoms with E-state index in [-0.39, 0.29) is 18.8 Å². The van der Waals surface area contributed by atoms with Crippen LogP contribution in [0, 0.1) is 10.1 Å². The molecule has 0 fully saturated rings. The minimum Gasteiger partial charge on any atom is -0.445 e. The Balaban J connectivity index is 1.68. The highest BCUT2D eigenvalue weighted by atomic mass is 16.6. The third-order valence-electron chi connectivity index (χ3n) is 3.11. The predicted molar refractivity (Wildman–Crippen MR) is 93.5 cm³/mol. The highest BCUT2D eigenvalue weighted by Gasteiger charge is 2.06. The maximum atomic E-state index is 11.6. The molecule has 0 heterocycles. The zero-order valence-corrected chi connectivity index (χ0v) is 13.6. The zero-order valence-electron chi connectivity index (χ0n) is 13.6. The third-order valence-corrected chi connectivity index (χ3v) is 3.11. The topological polar surface area (TPSA) is 123 Å². The number of benzene rings is 2. The zero-order chi connectivity index (χ0) is 18.8. The minimum absolute atomic E-state index is 0.0376. The second kappa shape index (κ2) is 9.52. The van der Waals surface area contributed by atoms with E-state index in [0.29, 0.717) is 5.56 Å². The van der Waals surface area contributed by atoms with Gasteiger partial charge >= 0.3 is 6.09 Å². The van der Waals surface area contributed by atoms with Crippen LogP contribution in [0.5, 0.6) is 0 Å². The molecule has 0 aliphatic carbocycles. The van der Waals surface area contributed by atoms with E-state index in [9.17, 15) is 19.7 Å². The van der Waals surface area contributed by atoms with Crippen LogP contribution in [0.1, 0.15) is 11.1 Å². The summed E-state index contributed by atoms with van der Waals surface area (Å²) in [5, 5.41) is 16.5. The van der Waals surface area contributed by atoms with Gasteiger partial charge in [0.25, 0.3) is 11.6 Å². The first-order chi connectivity index (χ1) is 12.5. The maximum absolute atomic E-state index is 11.6. The van der Waals surface area contributed by atoms with E-state index in [0.717, 1.165) is 5.56 Å². The first kappa shape index (κ1) is 18.6. The van der Waals surface area contributed by atoms with E-state index in [1.165, 1.54) is 30.5 Å². The summed E-state index contributed by atoms with van der Waals surface area (Å²) in [6.07, 6.45) is 0.610. The number of nitrogens with one attached hydrogen (secondary N) is 2. The summed E-state index contributed by atoms with van der Waals surface area (Å²) >= 11 is 0. The summed E-state index contributed by atoms with van der Waals surface area (Å²) in [5.41, 5.74) is 3.59. The van der Waals surface area contributed by atoms with Gasteiger partial charge in [-0.2, -0.15) is 5.10 Å². The number of hydrogen-bond acceptors (Lipinski definition) is 6. The molecule has 26 heavy (non-hydrogen) atoms. The highest BCUT2D eigenvalue weighted by molar-refractivity contribution is 5.84. The van der Waals surface area contributed by atoms with Gasteiger partial charge in [0, 0.05) is 12.1 Å². The van der Waals surface area contributed by atoms with E-state index < -0.39 is 16.9 Å². The van der Waals surface area contributed by atoms with Gasteiger partial charge in [-0.15, -0.1) is 0 Å². The number of hydrazone groups is 1. The lowest BCUT2D eigenvalue weighted by Gasteiger charge is -2.06. The van der Waals surface area contributed by atoms with Crippen LogP contribution < -0.4 is 10.7 Å². The van der Waals surface area contributed by atoms with Gasteiger partial charge in [0.05, 0.1) is 11.1 Å². The Labute approximate surface area is 148 Å². The summed E-state index contributed by atoms with van der Waals surface area (Å²) in [6.45, 7) is -0.197. The van der Waals surface area contributed by atoms with Crippen molar-refractivity contribution in [3.63, 3.8) is 0 Å². The molecule has 0 spiro atoms. The minimum atomic E-state index is -0.719. The van der Waals surface area contributed by atoms with Crippen LogP contribution in [0.3, 0.4) is 0 Å². The van der Waals surface area contributed by atoms with Gasteiger partial charge in [0.15, 0.2) is 0 Å². The fraction of sp³-hybridized carbons (Fsp3) is 0.118. The second-order valence-electron chi connectivity index (χ2n) is 5.06. The third kappa shape index (κ3) is 6.40. The standard InChI is InChI=1S/C17H16N4O5/c22-16(11-18-17(23)26-12-14-4-2-1-3-5-14)20-19-10-13-6-8-15(9-7-13)21(24)25/h1-10H,11-12H2,(H,18,23)(H,20,22)/b19-10-. The number of carbonyl (C=O) groups is 2. The van der Waals surface area contributed by atoms with Crippen molar-refractivity contribution >= 4 is 23.9 Å². The first-order valence-electron chi connectivity index (χ1n) is 7.55. The SMILES string of the molecule is O=C(CNC(=O)OCc1ccccc1)N/N=C\c1ccc([N+](=O)[O-])cc1. The molecule has 9 nitrogen and oxygen atoms in total. The lowest BCUT2D eigenvalue weighted by Crippen LogP contribution is -2.35. The summed E-state index contributed by atoms with van der Waals surface area (Å²) in [5.74, 6) is -0.542. The van der Waals surface area contributed by atoms with Gasteiger partial charge in [0.2, 0.25) is 0 Å². The van der Waals surface area contributed by atoms with Crippen LogP contribution in [-0.2, 0) is 16.1 Å². The number of rotatable bonds is 7. The number of hydrogen-bond donors (Lipinski definition) is 2. The number of nitro benzene ring substituents is 1. The molecule has 2 aromatic rings. The van der Waals surface area contributed by atoms with Crippen molar-refractivity contribution in [2.45, 2.75) is 6.61 Å². The Morgan fingerprint density at radius 2 is 1.81 bits per heavy atom. The van der Waals surface area contributed by atoms with Gasteiger partial charge in [-0.25, -0.2) is 10.2 Å². The molecule has 0 aliphatic rings. The molecule has 0 atom stereocenters. The molecule has 0 aliphatic heterocycles. The fourth-order valence-corrected chi connectivity index (χ4v) is 1.83. The van der Waals surface area contributed by atoms with Crippen LogP contribution in [0.15, 0.2) is 59.7 Å². The molecular weight excluding hydrogens is 340 g/mol. The first-order valence-corrected chi connectivity index (χ1v) is 7.55. The fourth-order valence-electron chi connectivity index (χ4n) is 1.83. The van der Waals surface area contributed by atoms with Crippen molar-refractivity contribution < 1.29 is 19.2 Å². The molecule has 2 amide bonds. The smallest absolute Gasteiger partial charge is 0.407 e. The number of alkyl carbamates (subject to hydrolysis) is 1. The van der Waals surface area contributed by atoms with Gasteiger partial charge in [-0.1, -0.05) is 30.3 Å². The largest absolute Gasteiger partial charge is 0.445 e. The van der Waals surface area contributed by atoms with E-state index >= 15 is 0 Å². The van der Waals surface area contributed by atoms with Gasteiger partial charge in [0.1, 0.15) is 13.2 Å². The molecule has 0 aromatic heterocycles. The van der Waals surface area contributed by atoms with Crippen molar-refractivity contribution in [1.29, 1.82) is 0 Å². The Hall–Kier alpha value is -3.75. The number of amides is 2. The van der Waals surface area contributed by atoms with Crippen molar-refractivity contribution in [2.75, 3.05) is 6.54 Å². The molecule has 9 heteroatoms. The molecule has 2 aromatic carbocycles. The Bertz CT molecular complexity index is 791. The molecule has 0 saturated carbocycles. The van der Waals surface area contributed by atoms with Crippen LogP contribution >= 0.6 is 0 Å². The normalized spacial score (nSPS) is 10.3. The van der Waals surface area contributed by atoms with E-state index in [2.05, 4.69) is 15.8 Å². The average Bonchev–Trinajstić information content (AvgIpc) is 2.66. The average molecular weight is 356 g/mol. The van der Waals surface area contributed by atoms with Gasteiger partial charge in [-0.3, -0.25) is 14.9 Å². The highest BCUT2D eigenvalue weighted by Crippen LogP contribution is 2.10. The number of ether oxygens (including phenoxy) is 1. The maximum Gasteiger partial charge on any atom is 0.407 e. The van der Waals surface area contributed by atoms with Crippen LogP contribution in [0.2, 0.25) is 0 Å². The Kier molecular flexibility index (Phi) is 6.81. The molecule has 0 unspecified atom stereocenters. The molecule has 2 N–H and O–H groups in total. The second-order valence-corrected chi connectivity index (χ2v) is 5.06. The van der Waals surface area contributed by atoms with Crippen molar-refractivity contribution in [3.05, 3.63) is 75.8 Å². The molecule has 2 rings (SSSR count). The van der Waals surface area contributed by atoms with Gasteiger partial charge < -0.3 is 10.1 Å². The van der Waals surface area contributed by atoms with Crippen molar-refractivity contribution in [3.8, 4) is 0 Å². The van der Waals surface area contributed by atoms with Crippen LogP contribution in [0.4, 0.5) is 10.5 Å². The van der Waals surface area contributed by atoms with Crippen molar-refractivity contribution in [1.82, 2.24) is 10.7 Å². The van der Waals surface area contributed by atoms with E-state index in [1.807, 2.05) is 30.3 Å².